The number of carbonyl (C=O) groups is 1. The maximum Gasteiger partial charge on any atom is 0.226 e. The van der Waals surface area contributed by atoms with Crippen LogP contribution >= 0.6 is 0 Å². The molecule has 0 saturated carbocycles. The van der Waals surface area contributed by atoms with Gasteiger partial charge in [-0.3, -0.25) is 4.79 Å². The lowest BCUT2D eigenvalue weighted by atomic mass is 10.2. The number of morpholine rings is 1. The van der Waals surface area contributed by atoms with E-state index in [-0.39, 0.29) is 5.91 Å². The fraction of sp³-hybridized carbons (Fsp3) is 0.500. The van der Waals surface area contributed by atoms with Gasteiger partial charge in [0, 0.05) is 31.5 Å². The van der Waals surface area contributed by atoms with Crippen LogP contribution in [-0.2, 0) is 16.0 Å². The fourth-order valence-corrected chi connectivity index (χ4v) is 2.81. The summed E-state index contributed by atoms with van der Waals surface area (Å²) in [5.41, 5.74) is 0.780. The minimum absolute atomic E-state index is 0.146. The molecule has 0 aliphatic carbocycles. The minimum atomic E-state index is 0.146. The molecule has 0 N–H and O–H groups in total. The first-order chi connectivity index (χ1) is 12.7. The van der Waals surface area contributed by atoms with Gasteiger partial charge in [-0.1, -0.05) is 5.16 Å². The van der Waals surface area contributed by atoms with Gasteiger partial charge in [0.05, 0.1) is 27.4 Å². The smallest absolute Gasteiger partial charge is 0.226 e. The zero-order valence-corrected chi connectivity index (χ0v) is 15.1. The van der Waals surface area contributed by atoms with E-state index in [2.05, 4.69) is 10.1 Å². The van der Waals surface area contributed by atoms with E-state index in [0.717, 1.165) is 5.56 Å². The van der Waals surface area contributed by atoms with Gasteiger partial charge in [-0.05, 0) is 24.6 Å². The fourth-order valence-electron chi connectivity index (χ4n) is 2.81. The van der Waals surface area contributed by atoms with Gasteiger partial charge in [-0.15, -0.1) is 0 Å². The van der Waals surface area contributed by atoms with Crippen molar-refractivity contribution in [3.63, 3.8) is 0 Å². The molecule has 1 saturated heterocycles. The van der Waals surface area contributed by atoms with Gasteiger partial charge in [0.2, 0.25) is 17.6 Å². The second-order valence-corrected chi connectivity index (χ2v) is 5.93. The number of amides is 1. The number of methoxy groups -OCH3 is 2. The Kier molecular flexibility index (Phi) is 6.06. The molecule has 2 aromatic rings. The summed E-state index contributed by atoms with van der Waals surface area (Å²) >= 11 is 0. The van der Waals surface area contributed by atoms with Crippen molar-refractivity contribution in [3.05, 3.63) is 24.1 Å². The summed E-state index contributed by atoms with van der Waals surface area (Å²) in [5.74, 6) is 2.40. The van der Waals surface area contributed by atoms with Crippen molar-refractivity contribution in [3.8, 4) is 22.9 Å². The largest absolute Gasteiger partial charge is 0.493 e. The molecular formula is C18H23N3O5. The molecule has 8 heteroatoms. The summed E-state index contributed by atoms with van der Waals surface area (Å²) in [6, 6.07) is 5.44. The monoisotopic (exact) mass is 361 g/mol. The van der Waals surface area contributed by atoms with Gasteiger partial charge < -0.3 is 23.6 Å². The minimum Gasteiger partial charge on any atom is -0.493 e. The van der Waals surface area contributed by atoms with Crippen molar-refractivity contribution in [2.24, 2.45) is 0 Å². The Morgan fingerprint density at radius 3 is 2.69 bits per heavy atom. The predicted molar refractivity (Wildman–Crippen MR) is 93.2 cm³/mol. The lowest BCUT2D eigenvalue weighted by Gasteiger charge is -2.26. The van der Waals surface area contributed by atoms with Crippen LogP contribution in [-0.4, -0.2) is 61.5 Å². The van der Waals surface area contributed by atoms with Crippen LogP contribution in [0.3, 0.4) is 0 Å². The van der Waals surface area contributed by atoms with Crippen molar-refractivity contribution < 1.29 is 23.5 Å². The van der Waals surface area contributed by atoms with Crippen LogP contribution < -0.4 is 9.47 Å². The van der Waals surface area contributed by atoms with E-state index in [1.54, 1.807) is 26.4 Å². The molecule has 2 heterocycles. The number of hydrogen-bond donors (Lipinski definition) is 0. The summed E-state index contributed by atoms with van der Waals surface area (Å²) in [7, 11) is 3.16. The molecule has 26 heavy (non-hydrogen) atoms. The second-order valence-electron chi connectivity index (χ2n) is 5.93. The Labute approximate surface area is 152 Å². The summed E-state index contributed by atoms with van der Waals surface area (Å²) in [6.45, 7) is 2.57. The zero-order valence-electron chi connectivity index (χ0n) is 15.1. The molecule has 1 fully saturated rings. The summed E-state index contributed by atoms with van der Waals surface area (Å²) in [6.07, 6.45) is 1.70. The first-order valence-electron chi connectivity index (χ1n) is 8.61. The van der Waals surface area contributed by atoms with Crippen LogP contribution in [0.15, 0.2) is 22.7 Å². The third-order valence-electron chi connectivity index (χ3n) is 4.25. The number of hydrogen-bond acceptors (Lipinski definition) is 7. The normalized spacial score (nSPS) is 14.3. The summed E-state index contributed by atoms with van der Waals surface area (Å²) in [5, 5.41) is 4.01. The number of aromatic nitrogens is 2. The number of carbonyl (C=O) groups excluding carboxylic acids is 1. The summed E-state index contributed by atoms with van der Waals surface area (Å²) < 4.78 is 21.1. The zero-order chi connectivity index (χ0) is 18.4. The Morgan fingerprint density at radius 2 is 1.96 bits per heavy atom. The molecule has 1 amide bonds. The SMILES string of the molecule is COc1ccc(-c2noc(CCCC(=O)N3CCOCC3)n2)cc1OC. The molecule has 140 valence electrons. The van der Waals surface area contributed by atoms with E-state index < -0.39 is 0 Å². The first-order valence-corrected chi connectivity index (χ1v) is 8.61. The van der Waals surface area contributed by atoms with Gasteiger partial charge in [0.15, 0.2) is 11.5 Å². The third kappa shape index (κ3) is 4.32. The topological polar surface area (TPSA) is 86.9 Å². The van der Waals surface area contributed by atoms with Crippen LogP contribution in [0.4, 0.5) is 0 Å². The highest BCUT2D eigenvalue weighted by Gasteiger charge is 2.17. The maximum absolute atomic E-state index is 12.1. The predicted octanol–water partition coefficient (Wildman–Crippen LogP) is 1.94. The van der Waals surface area contributed by atoms with Gasteiger partial charge >= 0.3 is 0 Å². The van der Waals surface area contributed by atoms with E-state index in [9.17, 15) is 4.79 Å². The van der Waals surface area contributed by atoms with Gasteiger partial charge in [0.1, 0.15) is 0 Å². The molecule has 0 radical (unpaired) electrons. The lowest BCUT2D eigenvalue weighted by Crippen LogP contribution is -2.40. The maximum atomic E-state index is 12.1. The average molecular weight is 361 g/mol. The van der Waals surface area contributed by atoms with Crippen molar-refractivity contribution in [2.45, 2.75) is 19.3 Å². The molecule has 0 atom stereocenters. The standard InChI is InChI=1S/C18H23N3O5/c1-23-14-7-6-13(12-15(14)24-2)18-19-16(26-20-18)4-3-5-17(22)21-8-10-25-11-9-21/h6-7,12H,3-5,8-11H2,1-2H3. The highest BCUT2D eigenvalue weighted by molar-refractivity contribution is 5.76. The van der Waals surface area contributed by atoms with Crippen molar-refractivity contribution in [1.82, 2.24) is 15.0 Å². The third-order valence-corrected chi connectivity index (χ3v) is 4.25. The molecule has 3 rings (SSSR count). The Balaban J connectivity index is 1.55. The van der Waals surface area contributed by atoms with Gasteiger partial charge in [-0.2, -0.15) is 4.98 Å². The van der Waals surface area contributed by atoms with E-state index in [0.29, 0.717) is 68.8 Å². The van der Waals surface area contributed by atoms with Crippen LogP contribution in [0.1, 0.15) is 18.7 Å². The Morgan fingerprint density at radius 1 is 1.19 bits per heavy atom. The lowest BCUT2D eigenvalue weighted by molar-refractivity contribution is -0.135. The molecule has 0 bridgehead atoms. The van der Waals surface area contributed by atoms with E-state index >= 15 is 0 Å². The van der Waals surface area contributed by atoms with E-state index in [1.807, 2.05) is 11.0 Å². The van der Waals surface area contributed by atoms with Gasteiger partial charge in [-0.25, -0.2) is 0 Å². The Bertz CT molecular complexity index is 740. The number of nitrogens with zero attached hydrogens (tertiary/aromatic N) is 3. The van der Waals surface area contributed by atoms with E-state index in [1.165, 1.54) is 0 Å². The van der Waals surface area contributed by atoms with Crippen LogP contribution in [0, 0.1) is 0 Å². The highest BCUT2D eigenvalue weighted by Crippen LogP contribution is 2.31. The van der Waals surface area contributed by atoms with Crippen LogP contribution in [0.2, 0.25) is 0 Å². The van der Waals surface area contributed by atoms with Crippen LogP contribution in [0.5, 0.6) is 11.5 Å². The molecule has 8 nitrogen and oxygen atoms in total. The summed E-state index contributed by atoms with van der Waals surface area (Å²) in [4.78, 5) is 18.4. The van der Waals surface area contributed by atoms with Crippen molar-refractivity contribution in [2.75, 3.05) is 40.5 Å². The molecular weight excluding hydrogens is 338 g/mol. The van der Waals surface area contributed by atoms with Crippen molar-refractivity contribution >= 4 is 5.91 Å². The number of aryl methyl sites for hydroxylation is 1. The molecule has 1 aromatic carbocycles. The highest BCUT2D eigenvalue weighted by atomic mass is 16.5. The quantitative estimate of drug-likeness (QED) is 0.745. The molecule has 1 aromatic heterocycles. The molecule has 0 unspecified atom stereocenters. The average Bonchev–Trinajstić information content (AvgIpc) is 3.17. The second kappa shape index (κ2) is 8.66. The number of ether oxygens (including phenoxy) is 3. The Hall–Kier alpha value is -2.61. The van der Waals surface area contributed by atoms with Crippen LogP contribution in [0.25, 0.3) is 11.4 Å². The first kappa shape index (κ1) is 18.2. The molecule has 1 aliphatic heterocycles. The van der Waals surface area contributed by atoms with Crippen molar-refractivity contribution in [1.29, 1.82) is 0 Å². The van der Waals surface area contributed by atoms with E-state index in [4.69, 9.17) is 18.7 Å². The molecule has 1 aliphatic rings. The number of rotatable bonds is 7. The molecule has 0 spiro atoms. The number of benzene rings is 1. The van der Waals surface area contributed by atoms with Gasteiger partial charge in [0.25, 0.3) is 0 Å².